The molecule has 0 radical (unpaired) electrons. The highest BCUT2D eigenvalue weighted by Crippen LogP contribution is 2.23. The van der Waals surface area contributed by atoms with Gasteiger partial charge in [-0.15, -0.1) is 0 Å². The Morgan fingerprint density at radius 1 is 1.07 bits per heavy atom. The molecule has 144 valence electrons. The molecule has 0 aliphatic heterocycles. The number of nitrogens with zero attached hydrogens (tertiary/aromatic N) is 1. The number of fused-ring (bicyclic) bond motifs is 1. The number of hydrogen-bond acceptors (Lipinski definition) is 5. The van der Waals surface area contributed by atoms with E-state index >= 15 is 0 Å². The third-order valence-corrected chi connectivity index (χ3v) is 4.25. The summed E-state index contributed by atoms with van der Waals surface area (Å²) in [5.41, 5.74) is 0.244. The maximum Gasteiger partial charge on any atom is 0.343 e. The topological polar surface area (TPSA) is 86.6 Å². The molecule has 0 aliphatic carbocycles. The van der Waals surface area contributed by atoms with Gasteiger partial charge in [0.25, 0.3) is 5.56 Å². The highest BCUT2D eigenvalue weighted by Gasteiger charge is 2.11. The lowest BCUT2D eigenvalue weighted by atomic mass is 10.1. The molecule has 28 heavy (non-hydrogen) atoms. The van der Waals surface area contributed by atoms with Crippen LogP contribution in [0.25, 0.3) is 10.8 Å². The van der Waals surface area contributed by atoms with Crippen LogP contribution in [0.4, 0.5) is 5.69 Å². The molecule has 8 heteroatoms. The van der Waals surface area contributed by atoms with Gasteiger partial charge in [0.2, 0.25) is 5.91 Å². The van der Waals surface area contributed by atoms with Crippen LogP contribution in [0.2, 0.25) is 5.02 Å². The van der Waals surface area contributed by atoms with Crippen LogP contribution in [-0.4, -0.2) is 30.2 Å². The summed E-state index contributed by atoms with van der Waals surface area (Å²) in [5.74, 6) is -0.483. The number of halogens is 1. The molecule has 0 aliphatic rings. The van der Waals surface area contributed by atoms with E-state index in [-0.39, 0.29) is 24.6 Å². The molecular weight excluding hydrogens is 384 g/mol. The molecule has 0 atom stereocenters. The third kappa shape index (κ3) is 4.50. The van der Waals surface area contributed by atoms with E-state index in [1.54, 1.807) is 48.5 Å². The van der Waals surface area contributed by atoms with Crippen molar-refractivity contribution in [2.45, 2.75) is 6.54 Å². The van der Waals surface area contributed by atoms with Gasteiger partial charge in [-0.25, -0.2) is 4.79 Å². The van der Waals surface area contributed by atoms with E-state index in [9.17, 15) is 14.4 Å². The van der Waals surface area contributed by atoms with E-state index in [0.717, 1.165) is 0 Å². The first-order valence-electron chi connectivity index (χ1n) is 8.35. The number of ether oxygens (including phenoxy) is 2. The van der Waals surface area contributed by atoms with Crippen molar-refractivity contribution in [3.05, 3.63) is 70.1 Å². The smallest absolute Gasteiger partial charge is 0.343 e. The Kier molecular flexibility index (Phi) is 5.96. The lowest BCUT2D eigenvalue weighted by Gasteiger charge is -2.11. The molecule has 1 amide bonds. The van der Waals surface area contributed by atoms with Crippen molar-refractivity contribution in [1.82, 2.24) is 4.57 Å². The summed E-state index contributed by atoms with van der Waals surface area (Å²) in [6, 6.07) is 13.3. The Hall–Kier alpha value is -3.32. The van der Waals surface area contributed by atoms with Crippen molar-refractivity contribution in [2.24, 2.45) is 0 Å². The predicted octanol–water partition coefficient (Wildman–Crippen LogP) is 2.85. The van der Waals surface area contributed by atoms with E-state index in [1.807, 2.05) is 0 Å². The molecule has 0 bridgehead atoms. The Bertz CT molecular complexity index is 1080. The molecule has 0 saturated carbocycles. The zero-order chi connectivity index (χ0) is 20.1. The van der Waals surface area contributed by atoms with E-state index in [1.165, 1.54) is 17.9 Å². The van der Waals surface area contributed by atoms with Gasteiger partial charge < -0.3 is 19.4 Å². The summed E-state index contributed by atoms with van der Waals surface area (Å²) in [6.45, 7) is -0.410. The zero-order valence-corrected chi connectivity index (χ0v) is 15.7. The number of carbonyl (C=O) groups is 2. The number of hydrogen-bond donors (Lipinski definition) is 1. The molecule has 3 rings (SSSR count). The molecule has 0 fully saturated rings. The standard InChI is InChI=1S/C20H17ClN2O5/c1-27-19(25)12-28-17-4-2-3-16-15(17)9-10-23(20(16)26)11-18(24)22-14-7-5-13(21)6-8-14/h2-10H,11-12H2,1H3,(H,22,24). The lowest BCUT2D eigenvalue weighted by molar-refractivity contribution is -0.142. The third-order valence-electron chi connectivity index (χ3n) is 3.99. The van der Waals surface area contributed by atoms with Crippen LogP contribution < -0.4 is 15.6 Å². The number of anilines is 1. The molecule has 0 saturated heterocycles. The fourth-order valence-corrected chi connectivity index (χ4v) is 2.75. The minimum Gasteiger partial charge on any atom is -0.481 e. The van der Waals surface area contributed by atoms with Crippen LogP contribution in [0, 0.1) is 0 Å². The molecular formula is C20H17ClN2O5. The van der Waals surface area contributed by atoms with Crippen molar-refractivity contribution in [3.63, 3.8) is 0 Å². The Morgan fingerprint density at radius 3 is 2.54 bits per heavy atom. The molecule has 2 aromatic carbocycles. The van der Waals surface area contributed by atoms with Crippen LogP contribution in [0.5, 0.6) is 5.75 Å². The van der Waals surface area contributed by atoms with Gasteiger partial charge >= 0.3 is 5.97 Å². The van der Waals surface area contributed by atoms with Crippen LogP contribution in [-0.2, 0) is 20.9 Å². The summed E-state index contributed by atoms with van der Waals surface area (Å²) < 4.78 is 11.3. The quantitative estimate of drug-likeness (QED) is 0.643. The van der Waals surface area contributed by atoms with Crippen LogP contribution >= 0.6 is 11.6 Å². The van der Waals surface area contributed by atoms with E-state index in [4.69, 9.17) is 16.3 Å². The van der Waals surface area contributed by atoms with Gasteiger partial charge in [0.15, 0.2) is 6.61 Å². The minimum absolute atomic E-state index is 0.148. The highest BCUT2D eigenvalue weighted by atomic mass is 35.5. The fourth-order valence-electron chi connectivity index (χ4n) is 2.62. The highest BCUT2D eigenvalue weighted by molar-refractivity contribution is 6.30. The number of rotatable bonds is 6. The first-order valence-corrected chi connectivity index (χ1v) is 8.73. The molecule has 3 aromatic rings. The summed E-state index contributed by atoms with van der Waals surface area (Å²) in [6.07, 6.45) is 1.51. The first-order chi connectivity index (χ1) is 13.5. The van der Waals surface area contributed by atoms with Gasteiger partial charge in [0.1, 0.15) is 12.3 Å². The number of pyridine rings is 1. The number of nitrogens with one attached hydrogen (secondary N) is 1. The number of esters is 1. The normalized spacial score (nSPS) is 10.5. The van der Waals surface area contributed by atoms with Gasteiger partial charge in [0.05, 0.1) is 12.5 Å². The molecule has 0 unspecified atom stereocenters. The summed E-state index contributed by atoms with van der Waals surface area (Å²) in [5, 5.41) is 4.20. The molecule has 1 heterocycles. The zero-order valence-electron chi connectivity index (χ0n) is 15.0. The fraction of sp³-hybridized carbons (Fsp3) is 0.150. The van der Waals surface area contributed by atoms with Crippen molar-refractivity contribution >= 4 is 39.9 Å². The predicted molar refractivity (Wildman–Crippen MR) is 106 cm³/mol. The molecule has 7 nitrogen and oxygen atoms in total. The van der Waals surface area contributed by atoms with E-state index in [0.29, 0.717) is 27.2 Å². The summed E-state index contributed by atoms with van der Waals surface area (Å²) >= 11 is 5.82. The summed E-state index contributed by atoms with van der Waals surface area (Å²) in [4.78, 5) is 36.2. The Balaban J connectivity index is 1.80. The maximum absolute atomic E-state index is 12.7. The van der Waals surface area contributed by atoms with Gasteiger partial charge in [-0.3, -0.25) is 9.59 Å². The number of benzene rings is 2. The second kappa shape index (κ2) is 8.58. The van der Waals surface area contributed by atoms with Crippen LogP contribution in [0.1, 0.15) is 0 Å². The molecule has 1 N–H and O–H groups in total. The number of methoxy groups -OCH3 is 1. The second-order valence-corrected chi connectivity index (χ2v) is 6.32. The Morgan fingerprint density at radius 2 is 1.82 bits per heavy atom. The number of carbonyl (C=O) groups excluding carboxylic acids is 2. The Labute approximate surface area is 165 Å². The average Bonchev–Trinajstić information content (AvgIpc) is 2.70. The van der Waals surface area contributed by atoms with Gasteiger partial charge in [-0.05, 0) is 42.5 Å². The van der Waals surface area contributed by atoms with Crippen LogP contribution in [0.3, 0.4) is 0 Å². The summed E-state index contributed by atoms with van der Waals surface area (Å²) in [7, 11) is 1.27. The maximum atomic E-state index is 12.7. The van der Waals surface area contributed by atoms with E-state index < -0.39 is 5.97 Å². The first kappa shape index (κ1) is 19.4. The molecule has 1 aromatic heterocycles. The minimum atomic E-state index is -0.524. The second-order valence-electron chi connectivity index (χ2n) is 5.89. The largest absolute Gasteiger partial charge is 0.481 e. The van der Waals surface area contributed by atoms with Crippen molar-refractivity contribution in [3.8, 4) is 5.75 Å². The van der Waals surface area contributed by atoms with Crippen LogP contribution in [0.15, 0.2) is 59.5 Å². The van der Waals surface area contributed by atoms with E-state index in [2.05, 4.69) is 10.1 Å². The monoisotopic (exact) mass is 400 g/mol. The number of aromatic nitrogens is 1. The lowest BCUT2D eigenvalue weighted by Crippen LogP contribution is -2.27. The van der Waals surface area contributed by atoms with Crippen molar-refractivity contribution < 1.29 is 19.1 Å². The van der Waals surface area contributed by atoms with Crippen molar-refractivity contribution in [2.75, 3.05) is 19.0 Å². The number of amides is 1. The van der Waals surface area contributed by atoms with Gasteiger partial charge in [-0.1, -0.05) is 17.7 Å². The molecule has 0 spiro atoms. The van der Waals surface area contributed by atoms with Gasteiger partial charge in [0, 0.05) is 22.3 Å². The van der Waals surface area contributed by atoms with Crippen molar-refractivity contribution in [1.29, 1.82) is 0 Å². The average molecular weight is 401 g/mol. The SMILES string of the molecule is COC(=O)COc1cccc2c(=O)n(CC(=O)Nc3ccc(Cl)cc3)ccc12. The van der Waals surface area contributed by atoms with Gasteiger partial charge in [-0.2, -0.15) is 0 Å².